The lowest BCUT2D eigenvalue weighted by Gasteiger charge is -2.07. The van der Waals surface area contributed by atoms with Crippen LogP contribution < -0.4 is 10.6 Å². The van der Waals surface area contributed by atoms with Gasteiger partial charge in [0, 0.05) is 16.2 Å². The number of carbonyl (C=O) groups excluding carboxylic acids is 2. The lowest BCUT2D eigenvalue weighted by Crippen LogP contribution is -2.21. The summed E-state index contributed by atoms with van der Waals surface area (Å²) in [6.07, 6.45) is 0.400. The summed E-state index contributed by atoms with van der Waals surface area (Å²) in [6.45, 7) is 0. The quantitative estimate of drug-likeness (QED) is 0.824. The van der Waals surface area contributed by atoms with Gasteiger partial charge in [0.05, 0.1) is 17.5 Å². The van der Waals surface area contributed by atoms with E-state index >= 15 is 0 Å². The Morgan fingerprint density at radius 1 is 0.958 bits per heavy atom. The van der Waals surface area contributed by atoms with Gasteiger partial charge >= 0.3 is 0 Å². The Bertz CT molecular complexity index is 796. The topological polar surface area (TPSA) is 58.2 Å². The van der Waals surface area contributed by atoms with Crippen LogP contribution in [0.4, 0.5) is 20.2 Å². The summed E-state index contributed by atoms with van der Waals surface area (Å²) >= 11 is 3.30. The number of hydrogen-bond donors (Lipinski definition) is 2. The number of carbonyl (C=O) groups is 2. The third-order valence-corrected chi connectivity index (χ3v) is 4.29. The van der Waals surface area contributed by atoms with Gasteiger partial charge in [-0.3, -0.25) is 9.59 Å². The van der Waals surface area contributed by atoms with Crippen molar-refractivity contribution in [3.63, 3.8) is 0 Å². The summed E-state index contributed by atoms with van der Waals surface area (Å²) in [7, 11) is 0. The van der Waals surface area contributed by atoms with Crippen LogP contribution in [0.2, 0.25) is 0 Å². The maximum Gasteiger partial charge on any atom is 0.228 e. The standard InChI is InChI=1S/C17H13BrF2N2O2/c18-9-1-4-11(5-2-9)21-16(23)12-8-13(12)17(24)22-15-6-3-10(19)7-14(15)20/h1-7,12-13H,8H2,(H,21,23)(H,22,24). The maximum atomic E-state index is 13.5. The second-order valence-electron chi connectivity index (χ2n) is 5.56. The highest BCUT2D eigenvalue weighted by molar-refractivity contribution is 9.10. The molecule has 3 rings (SSSR count). The van der Waals surface area contributed by atoms with Gasteiger partial charge in [-0.25, -0.2) is 8.78 Å². The third-order valence-electron chi connectivity index (χ3n) is 3.76. The molecule has 2 aromatic carbocycles. The minimum Gasteiger partial charge on any atom is -0.326 e. The highest BCUT2D eigenvalue weighted by Gasteiger charge is 2.48. The van der Waals surface area contributed by atoms with Crippen molar-refractivity contribution >= 4 is 39.1 Å². The molecule has 7 heteroatoms. The van der Waals surface area contributed by atoms with Crippen molar-refractivity contribution in [2.75, 3.05) is 10.6 Å². The normalized spacial score (nSPS) is 18.8. The lowest BCUT2D eigenvalue weighted by molar-refractivity contribution is -0.122. The zero-order valence-electron chi connectivity index (χ0n) is 12.4. The molecule has 0 radical (unpaired) electrons. The Morgan fingerprint density at radius 2 is 1.58 bits per heavy atom. The Balaban J connectivity index is 1.57. The maximum absolute atomic E-state index is 13.5. The fraction of sp³-hybridized carbons (Fsp3) is 0.176. The van der Waals surface area contributed by atoms with E-state index in [2.05, 4.69) is 26.6 Å². The smallest absolute Gasteiger partial charge is 0.228 e. The minimum absolute atomic E-state index is 0.0969. The lowest BCUT2D eigenvalue weighted by atomic mass is 10.2. The molecule has 4 nitrogen and oxygen atoms in total. The first-order valence-corrected chi connectivity index (χ1v) is 8.05. The molecule has 1 aliphatic carbocycles. The van der Waals surface area contributed by atoms with E-state index in [9.17, 15) is 18.4 Å². The molecule has 0 bridgehead atoms. The average Bonchev–Trinajstić information content (AvgIpc) is 3.33. The molecule has 1 saturated carbocycles. The highest BCUT2D eigenvalue weighted by Crippen LogP contribution is 2.40. The van der Waals surface area contributed by atoms with Gasteiger partial charge in [0.25, 0.3) is 0 Å². The van der Waals surface area contributed by atoms with Gasteiger partial charge in [0.15, 0.2) is 0 Å². The zero-order valence-corrected chi connectivity index (χ0v) is 13.9. The van der Waals surface area contributed by atoms with Crippen LogP contribution in [0, 0.1) is 23.5 Å². The molecule has 2 N–H and O–H groups in total. The Morgan fingerprint density at radius 3 is 2.21 bits per heavy atom. The molecule has 24 heavy (non-hydrogen) atoms. The first-order chi connectivity index (χ1) is 11.4. The van der Waals surface area contributed by atoms with Gasteiger partial charge in [-0.2, -0.15) is 0 Å². The van der Waals surface area contributed by atoms with E-state index in [4.69, 9.17) is 0 Å². The van der Waals surface area contributed by atoms with Gasteiger partial charge in [-0.05, 0) is 42.8 Å². The number of rotatable bonds is 4. The van der Waals surface area contributed by atoms with Gasteiger partial charge in [0.2, 0.25) is 11.8 Å². The number of nitrogens with one attached hydrogen (secondary N) is 2. The fourth-order valence-corrected chi connectivity index (χ4v) is 2.62. The van der Waals surface area contributed by atoms with Crippen LogP contribution in [0.25, 0.3) is 0 Å². The van der Waals surface area contributed by atoms with E-state index in [-0.39, 0.29) is 11.6 Å². The Hall–Kier alpha value is -2.28. The third kappa shape index (κ3) is 3.79. The SMILES string of the molecule is O=C(Nc1ccc(Br)cc1)C1CC1C(=O)Nc1ccc(F)cc1F. The van der Waals surface area contributed by atoms with Crippen LogP contribution in [0.3, 0.4) is 0 Å². The van der Waals surface area contributed by atoms with E-state index in [1.54, 1.807) is 24.3 Å². The molecule has 2 atom stereocenters. The van der Waals surface area contributed by atoms with Crippen LogP contribution >= 0.6 is 15.9 Å². The van der Waals surface area contributed by atoms with E-state index < -0.39 is 29.4 Å². The van der Waals surface area contributed by atoms with E-state index in [0.29, 0.717) is 18.2 Å². The van der Waals surface area contributed by atoms with Crippen molar-refractivity contribution < 1.29 is 18.4 Å². The number of benzene rings is 2. The Labute approximate surface area is 145 Å². The predicted molar refractivity (Wildman–Crippen MR) is 89.4 cm³/mol. The molecule has 0 aliphatic heterocycles. The summed E-state index contributed by atoms with van der Waals surface area (Å²) in [5, 5.41) is 5.12. The fourth-order valence-electron chi connectivity index (χ4n) is 2.36. The van der Waals surface area contributed by atoms with Gasteiger partial charge in [-0.15, -0.1) is 0 Å². The van der Waals surface area contributed by atoms with Crippen molar-refractivity contribution in [3.8, 4) is 0 Å². The molecule has 1 fully saturated rings. The summed E-state index contributed by atoms with van der Waals surface area (Å²) in [5.74, 6) is -3.22. The van der Waals surface area contributed by atoms with Crippen molar-refractivity contribution in [2.45, 2.75) is 6.42 Å². The molecule has 2 amide bonds. The second kappa shape index (κ2) is 6.68. The van der Waals surface area contributed by atoms with Crippen LogP contribution in [0.5, 0.6) is 0 Å². The van der Waals surface area contributed by atoms with E-state index in [0.717, 1.165) is 16.6 Å². The second-order valence-corrected chi connectivity index (χ2v) is 6.47. The molecule has 0 heterocycles. The number of amides is 2. The Kier molecular flexibility index (Phi) is 4.62. The average molecular weight is 395 g/mol. The number of anilines is 2. The van der Waals surface area contributed by atoms with Crippen LogP contribution in [0.15, 0.2) is 46.9 Å². The molecule has 2 aromatic rings. The van der Waals surface area contributed by atoms with Crippen molar-refractivity contribution in [1.29, 1.82) is 0 Å². The number of halogens is 3. The zero-order chi connectivity index (χ0) is 17.3. The van der Waals surface area contributed by atoms with Gasteiger partial charge in [0.1, 0.15) is 11.6 Å². The first-order valence-electron chi connectivity index (χ1n) is 7.26. The molecular weight excluding hydrogens is 382 g/mol. The first kappa shape index (κ1) is 16.6. The van der Waals surface area contributed by atoms with Crippen molar-refractivity contribution in [1.82, 2.24) is 0 Å². The van der Waals surface area contributed by atoms with E-state index in [1.165, 1.54) is 0 Å². The predicted octanol–water partition coefficient (Wildman–Crippen LogP) is 3.94. The molecule has 2 unspecified atom stereocenters. The van der Waals surface area contributed by atoms with Crippen molar-refractivity contribution in [2.24, 2.45) is 11.8 Å². The largest absolute Gasteiger partial charge is 0.326 e. The molecule has 124 valence electrons. The van der Waals surface area contributed by atoms with Gasteiger partial charge in [-0.1, -0.05) is 15.9 Å². The molecule has 0 saturated heterocycles. The highest BCUT2D eigenvalue weighted by atomic mass is 79.9. The molecule has 1 aliphatic rings. The molecular formula is C17H13BrF2N2O2. The minimum atomic E-state index is -0.847. The van der Waals surface area contributed by atoms with Crippen LogP contribution in [-0.4, -0.2) is 11.8 Å². The van der Waals surface area contributed by atoms with Crippen LogP contribution in [-0.2, 0) is 9.59 Å². The molecule has 0 aromatic heterocycles. The number of hydrogen-bond acceptors (Lipinski definition) is 2. The van der Waals surface area contributed by atoms with Gasteiger partial charge < -0.3 is 10.6 Å². The molecule has 0 spiro atoms. The monoisotopic (exact) mass is 394 g/mol. The summed E-state index contributed by atoms with van der Waals surface area (Å²) in [6, 6.07) is 9.99. The summed E-state index contributed by atoms with van der Waals surface area (Å²) < 4.78 is 27.3. The summed E-state index contributed by atoms with van der Waals surface area (Å²) in [5.41, 5.74) is 0.541. The van der Waals surface area contributed by atoms with Crippen molar-refractivity contribution in [3.05, 3.63) is 58.6 Å². The summed E-state index contributed by atoms with van der Waals surface area (Å²) in [4.78, 5) is 24.2. The van der Waals surface area contributed by atoms with Crippen LogP contribution in [0.1, 0.15) is 6.42 Å². The van der Waals surface area contributed by atoms with E-state index in [1.807, 2.05) is 0 Å².